The first-order valence-electron chi connectivity index (χ1n) is 3.51. The molecule has 0 aromatic heterocycles. The molecule has 0 spiro atoms. The first-order chi connectivity index (χ1) is 6.83. The second-order valence-corrected chi connectivity index (χ2v) is 6.06. The van der Waals surface area contributed by atoms with Gasteiger partial charge < -0.3 is 0 Å². The Morgan fingerprint density at radius 2 is 1.65 bits per heavy atom. The Hall–Kier alpha value is 3.39. The predicted octanol–water partition coefficient (Wildman–Crippen LogP) is 2.14. The van der Waals surface area contributed by atoms with E-state index in [-0.39, 0.29) is 122 Å². The molecule has 17 heavy (non-hydrogen) atoms. The number of hydrogen-bond acceptors (Lipinski definition) is 2. The van der Waals surface area contributed by atoms with Gasteiger partial charge in [-0.15, -0.1) is 29.7 Å². The van der Waals surface area contributed by atoms with E-state index in [1.807, 2.05) is 0 Å². The summed E-state index contributed by atoms with van der Waals surface area (Å²) in [7, 11) is -3.81. The molecular weight excluding hydrogens is 375 g/mol. The normalized spacial score (nSPS) is 9.88. The van der Waals surface area contributed by atoms with Crippen LogP contribution < -0.4 is 0 Å². The maximum atomic E-state index is 11.5. The molecule has 0 heterocycles. The van der Waals surface area contributed by atoms with E-state index >= 15 is 0 Å². The molecule has 84 valence electrons. The van der Waals surface area contributed by atoms with Gasteiger partial charge in [0.1, 0.15) is 4.38 Å². The van der Waals surface area contributed by atoms with Crippen molar-refractivity contribution in [2.24, 2.45) is 4.40 Å². The Kier molecular flexibility index (Phi) is 13.6. The SMILES string of the molecule is O=S(=O)(N=C(S)S)c1ccc(Cl)c(Cl)c1.[K].[K]. The Labute approximate surface area is 206 Å². The molecule has 10 heteroatoms. The van der Waals surface area contributed by atoms with Crippen LogP contribution in [0.5, 0.6) is 0 Å². The Balaban J connectivity index is 0. The number of sulfonamides is 1. The Morgan fingerprint density at radius 1 is 1.12 bits per heavy atom. The first kappa shape index (κ1) is 22.7. The van der Waals surface area contributed by atoms with Crippen molar-refractivity contribution in [3.63, 3.8) is 0 Å². The molecule has 1 aromatic rings. The van der Waals surface area contributed by atoms with Gasteiger partial charge >= 0.3 is 0 Å². The van der Waals surface area contributed by atoms with Crippen molar-refractivity contribution in [3.05, 3.63) is 28.2 Å². The van der Waals surface area contributed by atoms with Gasteiger partial charge in [-0.2, -0.15) is 8.42 Å². The second kappa shape index (κ2) is 10.2. The fourth-order valence-corrected chi connectivity index (χ4v) is 2.63. The van der Waals surface area contributed by atoms with Gasteiger partial charge in [0, 0.05) is 103 Å². The predicted molar refractivity (Wildman–Crippen MR) is 80.6 cm³/mol. The monoisotopic (exact) mass is 379 g/mol. The molecule has 1 aromatic carbocycles. The topological polar surface area (TPSA) is 46.5 Å². The Bertz CT molecular complexity index is 518. The molecule has 0 saturated carbocycles. The van der Waals surface area contributed by atoms with E-state index in [0.717, 1.165) is 0 Å². The van der Waals surface area contributed by atoms with Crippen molar-refractivity contribution in [2.45, 2.75) is 4.90 Å². The van der Waals surface area contributed by atoms with Gasteiger partial charge in [-0.05, 0) is 18.2 Å². The first-order valence-corrected chi connectivity index (χ1v) is 6.60. The third kappa shape index (κ3) is 7.82. The van der Waals surface area contributed by atoms with Gasteiger partial charge in [-0.25, -0.2) is 0 Å². The van der Waals surface area contributed by atoms with Crippen LogP contribution in [-0.2, 0) is 10.0 Å². The number of rotatable bonds is 2. The molecule has 0 fully saturated rings. The van der Waals surface area contributed by atoms with E-state index in [9.17, 15) is 8.42 Å². The van der Waals surface area contributed by atoms with E-state index in [1.165, 1.54) is 18.2 Å². The molecule has 0 saturated heterocycles. The van der Waals surface area contributed by atoms with E-state index in [2.05, 4.69) is 29.7 Å². The number of nitrogens with zero attached hydrogens (tertiary/aromatic N) is 1. The van der Waals surface area contributed by atoms with Gasteiger partial charge in [0.2, 0.25) is 0 Å². The minimum atomic E-state index is -3.81. The van der Waals surface area contributed by atoms with Crippen LogP contribution in [0.15, 0.2) is 27.5 Å². The molecule has 3 nitrogen and oxygen atoms in total. The summed E-state index contributed by atoms with van der Waals surface area (Å²) in [6.45, 7) is 0. The van der Waals surface area contributed by atoms with Crippen LogP contribution in [0.2, 0.25) is 10.0 Å². The summed E-state index contributed by atoms with van der Waals surface area (Å²) in [4.78, 5) is -0.0579. The van der Waals surface area contributed by atoms with E-state index in [4.69, 9.17) is 23.2 Å². The summed E-state index contributed by atoms with van der Waals surface area (Å²) in [5.41, 5.74) is 0. The van der Waals surface area contributed by atoms with Crippen molar-refractivity contribution < 1.29 is 8.42 Å². The zero-order valence-electron chi connectivity index (χ0n) is 9.05. The fraction of sp³-hybridized carbons (Fsp3) is 0. The van der Waals surface area contributed by atoms with Crippen LogP contribution in [0.1, 0.15) is 0 Å². The molecule has 0 aliphatic carbocycles. The van der Waals surface area contributed by atoms with Gasteiger partial charge in [0.15, 0.2) is 0 Å². The number of benzene rings is 1. The summed E-state index contributed by atoms with van der Waals surface area (Å²) in [5, 5.41) is 0.421. The molecule has 0 aliphatic heterocycles. The van der Waals surface area contributed by atoms with Crippen LogP contribution in [0.25, 0.3) is 0 Å². The van der Waals surface area contributed by atoms with E-state index in [0.29, 0.717) is 0 Å². The molecule has 0 N–H and O–H groups in total. The standard InChI is InChI=1S/C7H5Cl2NO2S3.2K/c8-5-2-1-4(3-6(5)9)15(11,12)10-7(13)14;;/h1-3H,(H2,10,13,14);;. The molecule has 0 amide bonds. The average Bonchev–Trinajstić information content (AvgIpc) is 2.07. The quantitative estimate of drug-likeness (QED) is 0.357. The number of hydrogen-bond donors (Lipinski definition) is 2. The second-order valence-electron chi connectivity index (χ2n) is 2.44. The molecule has 1 rings (SSSR count). The minimum absolute atomic E-state index is 0. The third-order valence-corrected chi connectivity index (χ3v) is 3.87. The minimum Gasteiger partial charge on any atom is -0.199 e. The smallest absolute Gasteiger partial charge is 0.199 e. The summed E-state index contributed by atoms with van der Waals surface area (Å²) < 4.78 is 26.2. The van der Waals surface area contributed by atoms with Crippen molar-refractivity contribution in [1.82, 2.24) is 0 Å². The van der Waals surface area contributed by atoms with Crippen molar-refractivity contribution in [1.29, 1.82) is 0 Å². The largest absolute Gasteiger partial charge is 0.283 e. The summed E-state index contributed by atoms with van der Waals surface area (Å²) in [6, 6.07) is 3.90. The maximum absolute atomic E-state index is 11.5. The fourth-order valence-electron chi connectivity index (χ4n) is 0.798. The number of thiol groups is 2. The van der Waals surface area contributed by atoms with Crippen LogP contribution in [0, 0.1) is 0 Å². The van der Waals surface area contributed by atoms with Crippen LogP contribution in [0.4, 0.5) is 0 Å². The Morgan fingerprint density at radius 3 is 2.06 bits per heavy atom. The van der Waals surface area contributed by atoms with Crippen LogP contribution >= 0.6 is 48.5 Å². The summed E-state index contributed by atoms with van der Waals surface area (Å²) >= 11 is 18.6. The molecule has 0 bridgehead atoms. The molecule has 0 atom stereocenters. The zero-order chi connectivity index (χ0) is 11.6. The number of halogens is 2. The molecule has 0 unspecified atom stereocenters. The van der Waals surface area contributed by atoms with Gasteiger partial charge in [-0.3, -0.25) is 0 Å². The van der Waals surface area contributed by atoms with Crippen molar-refractivity contribution in [3.8, 4) is 0 Å². The van der Waals surface area contributed by atoms with E-state index in [1.54, 1.807) is 0 Å². The average molecular weight is 380 g/mol. The third-order valence-electron chi connectivity index (χ3n) is 1.39. The molecule has 0 aliphatic rings. The van der Waals surface area contributed by atoms with Gasteiger partial charge in [0.25, 0.3) is 10.0 Å². The van der Waals surface area contributed by atoms with Crippen LogP contribution in [-0.4, -0.2) is 116 Å². The van der Waals surface area contributed by atoms with Crippen molar-refractivity contribution >= 4 is 166 Å². The zero-order valence-corrected chi connectivity index (χ0v) is 19.4. The van der Waals surface area contributed by atoms with Gasteiger partial charge in [0.05, 0.1) is 14.9 Å². The summed E-state index contributed by atoms with van der Waals surface area (Å²) in [5.74, 6) is 0. The molecular formula is C7H5Cl2K2NO2S3. The molecule has 2 radical (unpaired) electrons. The van der Waals surface area contributed by atoms with E-state index < -0.39 is 10.0 Å². The maximum Gasteiger partial charge on any atom is 0.283 e. The van der Waals surface area contributed by atoms with Gasteiger partial charge in [-0.1, -0.05) is 23.2 Å². The summed E-state index contributed by atoms with van der Waals surface area (Å²) in [6.07, 6.45) is 0. The van der Waals surface area contributed by atoms with Crippen molar-refractivity contribution in [2.75, 3.05) is 0 Å². The van der Waals surface area contributed by atoms with Crippen LogP contribution in [0.3, 0.4) is 0 Å².